The SMILES string of the molecule is Cc1cnc(C(=O)NC2CCOCC2)cc1Cc1ccc(-n2cccn2)cc1.O=CO. The Hall–Kier alpha value is -3.52. The maximum absolute atomic E-state index is 12.6. The van der Waals surface area contributed by atoms with Crippen LogP contribution >= 0.6 is 0 Å². The molecule has 1 fully saturated rings. The van der Waals surface area contributed by atoms with E-state index in [2.05, 4.69) is 39.7 Å². The molecule has 2 N–H and O–H groups in total. The van der Waals surface area contributed by atoms with Crippen molar-refractivity contribution < 1.29 is 19.4 Å². The van der Waals surface area contributed by atoms with Gasteiger partial charge >= 0.3 is 0 Å². The highest BCUT2D eigenvalue weighted by molar-refractivity contribution is 5.92. The number of nitrogens with one attached hydrogen (secondary N) is 1. The van der Waals surface area contributed by atoms with Gasteiger partial charge in [0.05, 0.1) is 5.69 Å². The molecular formula is C23H26N4O4. The summed E-state index contributed by atoms with van der Waals surface area (Å²) in [5.74, 6) is -0.109. The molecule has 31 heavy (non-hydrogen) atoms. The molecule has 0 bridgehead atoms. The van der Waals surface area contributed by atoms with Crippen molar-refractivity contribution in [2.45, 2.75) is 32.2 Å². The number of benzene rings is 1. The van der Waals surface area contributed by atoms with Crippen LogP contribution in [0.25, 0.3) is 5.69 Å². The van der Waals surface area contributed by atoms with Crippen LogP contribution in [0.2, 0.25) is 0 Å². The number of hydrogen-bond acceptors (Lipinski definition) is 5. The van der Waals surface area contributed by atoms with Gasteiger partial charge in [0.2, 0.25) is 0 Å². The lowest BCUT2D eigenvalue weighted by Crippen LogP contribution is -2.39. The van der Waals surface area contributed by atoms with Crippen LogP contribution in [0.5, 0.6) is 0 Å². The molecule has 1 saturated heterocycles. The van der Waals surface area contributed by atoms with Crippen molar-refractivity contribution in [3.8, 4) is 5.69 Å². The second-order valence-electron chi connectivity index (χ2n) is 7.26. The zero-order chi connectivity index (χ0) is 22.1. The van der Waals surface area contributed by atoms with E-state index in [0.29, 0.717) is 18.9 Å². The summed E-state index contributed by atoms with van der Waals surface area (Å²) in [6, 6.07) is 12.3. The van der Waals surface area contributed by atoms with Crippen LogP contribution in [0.4, 0.5) is 0 Å². The number of carbonyl (C=O) groups excluding carboxylic acids is 1. The molecule has 8 nitrogen and oxygen atoms in total. The molecule has 1 aliphatic rings. The Morgan fingerprint density at radius 2 is 2.00 bits per heavy atom. The second kappa shape index (κ2) is 11.0. The molecule has 0 spiro atoms. The number of aromatic nitrogens is 3. The first-order valence-corrected chi connectivity index (χ1v) is 10.1. The van der Waals surface area contributed by atoms with Gasteiger partial charge in [0, 0.05) is 37.8 Å². The van der Waals surface area contributed by atoms with Crippen molar-refractivity contribution in [1.29, 1.82) is 0 Å². The minimum atomic E-state index is -0.250. The van der Waals surface area contributed by atoms with Gasteiger partial charge in [-0.1, -0.05) is 12.1 Å². The molecule has 0 unspecified atom stereocenters. The molecular weight excluding hydrogens is 396 g/mol. The minimum Gasteiger partial charge on any atom is -0.483 e. The van der Waals surface area contributed by atoms with Gasteiger partial charge < -0.3 is 15.2 Å². The molecule has 0 radical (unpaired) electrons. The van der Waals surface area contributed by atoms with Gasteiger partial charge in [-0.05, 0) is 67.1 Å². The Morgan fingerprint density at radius 1 is 1.29 bits per heavy atom. The van der Waals surface area contributed by atoms with Gasteiger partial charge in [-0.2, -0.15) is 5.10 Å². The van der Waals surface area contributed by atoms with Crippen LogP contribution in [0.15, 0.2) is 55.0 Å². The van der Waals surface area contributed by atoms with Crippen LogP contribution < -0.4 is 5.32 Å². The number of amides is 1. The zero-order valence-electron chi connectivity index (χ0n) is 17.4. The Kier molecular flexibility index (Phi) is 7.89. The van der Waals surface area contributed by atoms with Crippen molar-refractivity contribution in [3.05, 3.63) is 77.4 Å². The fraction of sp³-hybridized carbons (Fsp3) is 0.304. The van der Waals surface area contributed by atoms with E-state index in [4.69, 9.17) is 14.6 Å². The van der Waals surface area contributed by atoms with Crippen LogP contribution in [-0.4, -0.2) is 51.5 Å². The Morgan fingerprint density at radius 3 is 2.65 bits per heavy atom. The van der Waals surface area contributed by atoms with Gasteiger partial charge in [0.25, 0.3) is 12.4 Å². The molecule has 1 aromatic carbocycles. The number of carbonyl (C=O) groups is 2. The summed E-state index contributed by atoms with van der Waals surface area (Å²) in [4.78, 5) is 25.3. The Balaban J connectivity index is 0.000000858. The maximum Gasteiger partial charge on any atom is 0.290 e. The topological polar surface area (TPSA) is 106 Å². The first-order valence-electron chi connectivity index (χ1n) is 10.1. The minimum absolute atomic E-state index is 0.109. The van der Waals surface area contributed by atoms with Gasteiger partial charge in [0.1, 0.15) is 5.69 Å². The van der Waals surface area contributed by atoms with E-state index in [1.165, 1.54) is 5.56 Å². The number of rotatable bonds is 5. The predicted molar refractivity (Wildman–Crippen MR) is 115 cm³/mol. The quantitative estimate of drug-likeness (QED) is 0.613. The summed E-state index contributed by atoms with van der Waals surface area (Å²) in [7, 11) is 0. The lowest BCUT2D eigenvalue weighted by atomic mass is 10.0. The number of ether oxygens (including phenoxy) is 1. The number of carboxylic acid groups (broad SMARTS) is 1. The van der Waals surface area contributed by atoms with E-state index >= 15 is 0 Å². The molecule has 2 aromatic heterocycles. The Labute approximate surface area is 180 Å². The second-order valence-corrected chi connectivity index (χ2v) is 7.26. The van der Waals surface area contributed by atoms with Crippen molar-refractivity contribution in [3.63, 3.8) is 0 Å². The van der Waals surface area contributed by atoms with Crippen LogP contribution in [-0.2, 0) is 16.0 Å². The van der Waals surface area contributed by atoms with E-state index in [-0.39, 0.29) is 18.4 Å². The highest BCUT2D eigenvalue weighted by Gasteiger charge is 2.18. The maximum atomic E-state index is 12.6. The predicted octanol–water partition coefficient (Wildman–Crippen LogP) is 2.78. The lowest BCUT2D eigenvalue weighted by molar-refractivity contribution is -0.122. The molecule has 3 aromatic rings. The number of aryl methyl sites for hydroxylation is 1. The van der Waals surface area contributed by atoms with E-state index in [9.17, 15) is 4.79 Å². The Bertz CT molecular complexity index is 981. The normalized spacial score (nSPS) is 13.7. The first kappa shape index (κ1) is 22.2. The van der Waals surface area contributed by atoms with Crippen molar-refractivity contribution in [1.82, 2.24) is 20.1 Å². The summed E-state index contributed by atoms with van der Waals surface area (Å²) in [6.45, 7) is 3.18. The van der Waals surface area contributed by atoms with Crippen molar-refractivity contribution in [2.24, 2.45) is 0 Å². The molecule has 4 rings (SSSR count). The zero-order valence-corrected chi connectivity index (χ0v) is 17.4. The molecule has 0 atom stereocenters. The molecule has 1 amide bonds. The summed E-state index contributed by atoms with van der Waals surface area (Å²) >= 11 is 0. The lowest BCUT2D eigenvalue weighted by Gasteiger charge is -2.23. The van der Waals surface area contributed by atoms with E-state index in [0.717, 1.165) is 36.1 Å². The van der Waals surface area contributed by atoms with Gasteiger partial charge in [-0.3, -0.25) is 14.6 Å². The average Bonchev–Trinajstić information content (AvgIpc) is 3.32. The number of nitrogens with zero attached hydrogens (tertiary/aromatic N) is 3. The highest BCUT2D eigenvalue weighted by atomic mass is 16.5. The first-order chi connectivity index (χ1) is 15.1. The third-order valence-corrected chi connectivity index (χ3v) is 5.10. The van der Waals surface area contributed by atoms with Crippen molar-refractivity contribution in [2.75, 3.05) is 13.2 Å². The summed E-state index contributed by atoms with van der Waals surface area (Å²) < 4.78 is 7.18. The third kappa shape index (κ3) is 6.23. The van der Waals surface area contributed by atoms with E-state index < -0.39 is 0 Å². The van der Waals surface area contributed by atoms with Crippen LogP contribution in [0, 0.1) is 6.92 Å². The molecule has 162 valence electrons. The standard InChI is InChI=1S/C22H24N4O2.CH2O2/c1-16-15-23-21(22(27)25-19-7-11-28-12-8-19)14-18(16)13-17-3-5-20(6-4-17)26-10-2-9-24-26;2-1-3/h2-6,9-10,14-15,19H,7-8,11-13H2,1H3,(H,25,27);1H,(H,2,3). The summed E-state index contributed by atoms with van der Waals surface area (Å²) in [5, 5.41) is 14.2. The highest BCUT2D eigenvalue weighted by Crippen LogP contribution is 2.17. The van der Waals surface area contributed by atoms with Crippen LogP contribution in [0.3, 0.4) is 0 Å². The largest absolute Gasteiger partial charge is 0.483 e. The number of hydrogen-bond donors (Lipinski definition) is 2. The fourth-order valence-corrected chi connectivity index (χ4v) is 3.39. The van der Waals surface area contributed by atoms with Crippen LogP contribution in [0.1, 0.15) is 40.0 Å². The third-order valence-electron chi connectivity index (χ3n) is 5.10. The summed E-state index contributed by atoms with van der Waals surface area (Å²) in [5.41, 5.74) is 4.87. The molecule has 3 heterocycles. The van der Waals surface area contributed by atoms with Gasteiger partial charge in [0.15, 0.2) is 0 Å². The summed E-state index contributed by atoms with van der Waals surface area (Å²) in [6.07, 6.45) is 7.93. The average molecular weight is 422 g/mol. The monoisotopic (exact) mass is 422 g/mol. The molecule has 0 aliphatic carbocycles. The van der Waals surface area contributed by atoms with Gasteiger partial charge in [-0.25, -0.2) is 4.68 Å². The molecule has 1 aliphatic heterocycles. The van der Waals surface area contributed by atoms with Gasteiger partial charge in [-0.15, -0.1) is 0 Å². The smallest absolute Gasteiger partial charge is 0.290 e. The fourth-order valence-electron chi connectivity index (χ4n) is 3.39. The van der Waals surface area contributed by atoms with E-state index in [1.807, 2.05) is 29.9 Å². The van der Waals surface area contributed by atoms with Crippen molar-refractivity contribution >= 4 is 12.4 Å². The molecule has 0 saturated carbocycles. The van der Waals surface area contributed by atoms with E-state index in [1.54, 1.807) is 12.4 Å². The molecule has 8 heteroatoms. The number of pyridine rings is 1.